The van der Waals surface area contributed by atoms with Crippen LogP contribution in [0.5, 0.6) is 0 Å². The number of hydrogen-bond donors (Lipinski definition) is 4. The van der Waals surface area contributed by atoms with Gasteiger partial charge in [0.05, 0.1) is 6.33 Å². The van der Waals surface area contributed by atoms with E-state index in [2.05, 4.69) is 20.6 Å². The number of nitrogens with zero attached hydrogens (tertiary/aromatic N) is 1. The van der Waals surface area contributed by atoms with E-state index in [4.69, 9.17) is 5.11 Å². The predicted molar refractivity (Wildman–Crippen MR) is 60.5 cm³/mol. The highest BCUT2D eigenvalue weighted by Crippen LogP contribution is 1.99. The fraction of sp³-hybridized carbons (Fsp3) is 0.400. The van der Waals surface area contributed by atoms with Gasteiger partial charge in [-0.2, -0.15) is 0 Å². The lowest BCUT2D eigenvalue weighted by Gasteiger charge is -2.13. The maximum absolute atomic E-state index is 11.4. The second-order valence-electron chi connectivity index (χ2n) is 3.56. The number of rotatable bonds is 8. The van der Waals surface area contributed by atoms with Gasteiger partial charge in [0.2, 0.25) is 12.3 Å². The van der Waals surface area contributed by atoms with Gasteiger partial charge in [0.25, 0.3) is 0 Å². The first-order valence-corrected chi connectivity index (χ1v) is 5.30. The molecule has 0 fully saturated rings. The Morgan fingerprint density at radius 1 is 1.56 bits per heavy atom. The number of hydrogen-bond acceptors (Lipinski definition) is 4. The Bertz CT molecular complexity index is 404. The first-order valence-electron chi connectivity index (χ1n) is 5.30. The standard InChI is InChI=1S/C10H14N4O4/c15-6-11-2-1-9(16)14-8(10(17)18)3-7-4-12-5-13-7/h4-6,8H,1-3H2,(H,11,15)(H,12,13)(H,14,16)(H,17,18). The normalized spacial score (nSPS) is 11.6. The lowest BCUT2D eigenvalue weighted by atomic mass is 10.1. The lowest BCUT2D eigenvalue weighted by Crippen LogP contribution is -2.43. The van der Waals surface area contributed by atoms with Crippen LogP contribution in [0, 0.1) is 0 Å². The fourth-order valence-electron chi connectivity index (χ4n) is 1.33. The van der Waals surface area contributed by atoms with Crippen LogP contribution in [-0.4, -0.2) is 45.9 Å². The van der Waals surface area contributed by atoms with Crippen molar-refractivity contribution in [3.05, 3.63) is 18.2 Å². The molecular weight excluding hydrogens is 240 g/mol. The highest BCUT2D eigenvalue weighted by Gasteiger charge is 2.20. The first kappa shape index (κ1) is 13.7. The summed E-state index contributed by atoms with van der Waals surface area (Å²) < 4.78 is 0. The Kier molecular flexibility index (Phi) is 5.36. The van der Waals surface area contributed by atoms with E-state index in [9.17, 15) is 14.4 Å². The predicted octanol–water partition coefficient (Wildman–Crippen LogP) is -1.34. The van der Waals surface area contributed by atoms with E-state index in [1.807, 2.05) is 0 Å². The van der Waals surface area contributed by atoms with E-state index in [1.165, 1.54) is 12.5 Å². The smallest absolute Gasteiger partial charge is 0.326 e. The molecule has 1 rings (SSSR count). The molecule has 1 aromatic heterocycles. The van der Waals surface area contributed by atoms with Crippen LogP contribution < -0.4 is 10.6 Å². The van der Waals surface area contributed by atoms with E-state index in [0.717, 1.165) is 0 Å². The van der Waals surface area contributed by atoms with Gasteiger partial charge < -0.3 is 20.7 Å². The molecule has 1 unspecified atom stereocenters. The van der Waals surface area contributed by atoms with Crippen molar-refractivity contribution in [3.63, 3.8) is 0 Å². The number of aliphatic carboxylic acids is 1. The van der Waals surface area contributed by atoms with E-state index < -0.39 is 17.9 Å². The van der Waals surface area contributed by atoms with E-state index in [-0.39, 0.29) is 19.4 Å². The summed E-state index contributed by atoms with van der Waals surface area (Å²) in [5.41, 5.74) is 0.619. The number of aromatic amines is 1. The number of carbonyl (C=O) groups excluding carboxylic acids is 2. The average Bonchev–Trinajstić information content (AvgIpc) is 2.81. The van der Waals surface area contributed by atoms with Crippen LogP contribution in [0.15, 0.2) is 12.5 Å². The van der Waals surface area contributed by atoms with Gasteiger partial charge in [-0.25, -0.2) is 9.78 Å². The van der Waals surface area contributed by atoms with E-state index in [1.54, 1.807) is 0 Å². The molecule has 1 atom stereocenters. The lowest BCUT2D eigenvalue weighted by molar-refractivity contribution is -0.141. The molecule has 0 aliphatic carbocycles. The number of H-pyrrole nitrogens is 1. The summed E-state index contributed by atoms with van der Waals surface area (Å²) in [4.78, 5) is 38.9. The number of amides is 2. The van der Waals surface area contributed by atoms with Gasteiger partial charge >= 0.3 is 5.97 Å². The minimum absolute atomic E-state index is 0.0332. The molecule has 2 amide bonds. The van der Waals surface area contributed by atoms with Gasteiger partial charge in [-0.15, -0.1) is 0 Å². The molecule has 0 bridgehead atoms. The van der Waals surface area contributed by atoms with Gasteiger partial charge in [0, 0.05) is 31.3 Å². The second-order valence-corrected chi connectivity index (χ2v) is 3.56. The summed E-state index contributed by atoms with van der Waals surface area (Å²) in [5.74, 6) is -1.56. The molecule has 0 aliphatic heterocycles. The third kappa shape index (κ3) is 4.64. The minimum Gasteiger partial charge on any atom is -0.480 e. The van der Waals surface area contributed by atoms with Crippen LogP contribution in [0.2, 0.25) is 0 Å². The molecule has 1 heterocycles. The quantitative estimate of drug-likeness (QED) is 0.337. The summed E-state index contributed by atoms with van der Waals surface area (Å²) in [7, 11) is 0. The Morgan fingerprint density at radius 3 is 2.89 bits per heavy atom. The van der Waals surface area contributed by atoms with Gasteiger partial charge in [-0.05, 0) is 0 Å². The van der Waals surface area contributed by atoms with Gasteiger partial charge in [-0.1, -0.05) is 0 Å². The molecule has 0 aliphatic rings. The Morgan fingerprint density at radius 2 is 2.33 bits per heavy atom. The summed E-state index contributed by atoms with van der Waals surface area (Å²) >= 11 is 0. The maximum Gasteiger partial charge on any atom is 0.326 e. The number of carboxylic acids is 1. The zero-order valence-corrected chi connectivity index (χ0v) is 9.55. The third-order valence-corrected chi connectivity index (χ3v) is 2.19. The number of nitrogens with one attached hydrogen (secondary N) is 3. The van der Waals surface area contributed by atoms with Crippen molar-refractivity contribution in [2.75, 3.05) is 6.54 Å². The van der Waals surface area contributed by atoms with Crippen LogP contribution in [-0.2, 0) is 20.8 Å². The topological polar surface area (TPSA) is 124 Å². The maximum atomic E-state index is 11.4. The number of carbonyl (C=O) groups is 3. The Labute approximate surface area is 103 Å². The molecule has 8 nitrogen and oxygen atoms in total. The molecule has 0 radical (unpaired) electrons. The van der Waals surface area contributed by atoms with Crippen LogP contribution in [0.4, 0.5) is 0 Å². The molecule has 0 saturated carbocycles. The van der Waals surface area contributed by atoms with Gasteiger partial charge in [0.15, 0.2) is 0 Å². The summed E-state index contributed by atoms with van der Waals surface area (Å²) in [6.07, 6.45) is 3.57. The van der Waals surface area contributed by atoms with E-state index >= 15 is 0 Å². The van der Waals surface area contributed by atoms with E-state index in [0.29, 0.717) is 12.1 Å². The number of carboxylic acid groups (broad SMARTS) is 1. The van der Waals surface area contributed by atoms with Crippen molar-refractivity contribution in [3.8, 4) is 0 Å². The monoisotopic (exact) mass is 254 g/mol. The zero-order chi connectivity index (χ0) is 13.4. The zero-order valence-electron chi connectivity index (χ0n) is 9.55. The van der Waals surface area contributed by atoms with Crippen molar-refractivity contribution in [2.24, 2.45) is 0 Å². The number of aromatic nitrogens is 2. The SMILES string of the molecule is O=CNCCC(=O)NC(Cc1cnc[nH]1)C(=O)O. The summed E-state index contributed by atoms with van der Waals surface area (Å²) in [5, 5.41) is 13.7. The first-order chi connectivity index (χ1) is 8.63. The minimum atomic E-state index is -1.12. The third-order valence-electron chi connectivity index (χ3n) is 2.19. The molecule has 4 N–H and O–H groups in total. The van der Waals surface area contributed by atoms with Crippen molar-refractivity contribution < 1.29 is 19.5 Å². The second kappa shape index (κ2) is 7.05. The van der Waals surface area contributed by atoms with Crippen LogP contribution in [0.3, 0.4) is 0 Å². The van der Waals surface area contributed by atoms with Crippen LogP contribution >= 0.6 is 0 Å². The van der Waals surface area contributed by atoms with Crippen molar-refractivity contribution >= 4 is 18.3 Å². The summed E-state index contributed by atoms with van der Waals surface area (Å²) in [6, 6.07) is -1.02. The molecule has 18 heavy (non-hydrogen) atoms. The molecule has 0 aromatic carbocycles. The molecule has 1 aromatic rings. The van der Waals surface area contributed by atoms with Crippen LogP contribution in [0.1, 0.15) is 12.1 Å². The molecule has 0 spiro atoms. The van der Waals surface area contributed by atoms with Crippen LogP contribution in [0.25, 0.3) is 0 Å². The molecule has 0 saturated heterocycles. The van der Waals surface area contributed by atoms with Gasteiger partial charge in [-0.3, -0.25) is 9.59 Å². The molecule has 98 valence electrons. The Hall–Kier alpha value is -2.38. The highest BCUT2D eigenvalue weighted by atomic mass is 16.4. The molecule has 8 heteroatoms. The average molecular weight is 254 g/mol. The molecular formula is C10H14N4O4. The Balaban J connectivity index is 2.45. The van der Waals surface area contributed by atoms with Crippen molar-refractivity contribution in [1.29, 1.82) is 0 Å². The van der Waals surface area contributed by atoms with Gasteiger partial charge in [0.1, 0.15) is 6.04 Å². The number of imidazole rings is 1. The highest BCUT2D eigenvalue weighted by molar-refractivity contribution is 5.83. The van der Waals surface area contributed by atoms with Crippen molar-refractivity contribution in [2.45, 2.75) is 18.9 Å². The van der Waals surface area contributed by atoms with Crippen molar-refractivity contribution in [1.82, 2.24) is 20.6 Å². The summed E-state index contributed by atoms with van der Waals surface area (Å²) in [6.45, 7) is 0.172. The fourth-order valence-corrected chi connectivity index (χ4v) is 1.33. The largest absolute Gasteiger partial charge is 0.480 e.